The maximum atomic E-state index is 11.2. The average Bonchev–Trinajstić information content (AvgIpc) is 2.64. The minimum atomic E-state index is 0.231. The first kappa shape index (κ1) is 19.2. The van der Waals surface area contributed by atoms with Crippen molar-refractivity contribution in [2.45, 2.75) is 71.3 Å². The van der Waals surface area contributed by atoms with Gasteiger partial charge in [-0.05, 0) is 58.0 Å². The van der Waals surface area contributed by atoms with Gasteiger partial charge < -0.3 is 14.7 Å². The van der Waals surface area contributed by atoms with Gasteiger partial charge in [0.05, 0.1) is 0 Å². The fourth-order valence-corrected chi connectivity index (χ4v) is 4.04. The molecule has 3 aliphatic rings. The molecule has 0 spiro atoms. The van der Waals surface area contributed by atoms with Crippen molar-refractivity contribution in [3.8, 4) is 0 Å². The summed E-state index contributed by atoms with van der Waals surface area (Å²) in [7, 11) is 0. The molecular formula is C19H35N3O2. The molecule has 0 aromatic rings. The maximum Gasteiger partial charge on any atom is 0.219 e. The predicted molar refractivity (Wildman–Crippen MR) is 96.8 cm³/mol. The van der Waals surface area contributed by atoms with E-state index in [4.69, 9.17) is 0 Å². The Labute approximate surface area is 147 Å². The van der Waals surface area contributed by atoms with Crippen LogP contribution in [0.5, 0.6) is 0 Å². The molecule has 0 N–H and O–H groups in total. The van der Waals surface area contributed by atoms with Gasteiger partial charge in [-0.3, -0.25) is 9.59 Å². The molecule has 138 valence electrons. The molecule has 0 atom stereocenters. The van der Waals surface area contributed by atoms with Crippen LogP contribution in [0.15, 0.2) is 0 Å². The molecule has 0 radical (unpaired) electrons. The van der Waals surface area contributed by atoms with Crippen molar-refractivity contribution in [3.63, 3.8) is 0 Å². The summed E-state index contributed by atoms with van der Waals surface area (Å²) in [6.45, 7) is 9.79. The highest BCUT2D eigenvalue weighted by atomic mass is 16.2. The van der Waals surface area contributed by atoms with Crippen molar-refractivity contribution < 1.29 is 9.59 Å². The molecule has 3 heterocycles. The van der Waals surface area contributed by atoms with Gasteiger partial charge in [0.1, 0.15) is 0 Å². The Morgan fingerprint density at radius 2 is 1.04 bits per heavy atom. The number of nitrogens with zero attached hydrogens (tertiary/aromatic N) is 3. The molecule has 3 saturated heterocycles. The van der Waals surface area contributed by atoms with Gasteiger partial charge in [0.2, 0.25) is 11.8 Å². The van der Waals surface area contributed by atoms with E-state index in [1.807, 2.05) is 9.80 Å². The van der Waals surface area contributed by atoms with E-state index >= 15 is 0 Å². The minimum Gasteiger partial charge on any atom is -0.343 e. The number of hydrogen-bond acceptors (Lipinski definition) is 3. The second-order valence-corrected chi connectivity index (χ2v) is 7.40. The first-order valence-electron chi connectivity index (χ1n) is 9.83. The first-order valence-corrected chi connectivity index (χ1v) is 9.83. The Morgan fingerprint density at radius 1 is 0.625 bits per heavy atom. The van der Waals surface area contributed by atoms with Crippen LogP contribution in [0.2, 0.25) is 0 Å². The van der Waals surface area contributed by atoms with Gasteiger partial charge in [0, 0.05) is 46.1 Å². The van der Waals surface area contributed by atoms with Crippen LogP contribution in [0.25, 0.3) is 0 Å². The van der Waals surface area contributed by atoms with Crippen LogP contribution in [0.4, 0.5) is 0 Å². The Kier molecular flexibility index (Phi) is 8.03. The van der Waals surface area contributed by atoms with Gasteiger partial charge >= 0.3 is 0 Å². The van der Waals surface area contributed by atoms with Crippen LogP contribution in [-0.2, 0) is 9.59 Å². The largest absolute Gasteiger partial charge is 0.343 e. The predicted octanol–water partition coefficient (Wildman–Crippen LogP) is 2.50. The number of likely N-dealkylation sites (tertiary alicyclic amines) is 3. The van der Waals surface area contributed by atoms with Gasteiger partial charge in [-0.2, -0.15) is 0 Å². The molecule has 0 aromatic heterocycles. The lowest BCUT2D eigenvalue weighted by atomic mass is 10.00. The highest BCUT2D eigenvalue weighted by molar-refractivity contribution is 5.73. The molecule has 2 amide bonds. The fourth-order valence-electron chi connectivity index (χ4n) is 4.04. The topological polar surface area (TPSA) is 43.9 Å². The molecular weight excluding hydrogens is 302 g/mol. The lowest BCUT2D eigenvalue weighted by Crippen LogP contribution is -2.47. The molecule has 0 aromatic carbocycles. The van der Waals surface area contributed by atoms with Gasteiger partial charge in [-0.25, -0.2) is 0 Å². The van der Waals surface area contributed by atoms with Crippen LogP contribution in [0.3, 0.4) is 0 Å². The summed E-state index contributed by atoms with van der Waals surface area (Å²) in [6.07, 6.45) is 10.2. The van der Waals surface area contributed by atoms with E-state index in [1.165, 1.54) is 64.5 Å². The second kappa shape index (κ2) is 10.0. The van der Waals surface area contributed by atoms with E-state index in [0.717, 1.165) is 32.2 Å². The monoisotopic (exact) mass is 337 g/mol. The SMILES string of the molecule is CC(=O)N1CCC(N2CCCCC2)CC1.CC(=O)N1CCCCC1. The van der Waals surface area contributed by atoms with Crippen LogP contribution in [0, 0.1) is 0 Å². The van der Waals surface area contributed by atoms with Crippen molar-refractivity contribution in [1.29, 1.82) is 0 Å². The van der Waals surface area contributed by atoms with Crippen LogP contribution in [-0.4, -0.2) is 71.8 Å². The quantitative estimate of drug-likeness (QED) is 0.738. The van der Waals surface area contributed by atoms with Crippen molar-refractivity contribution in [2.24, 2.45) is 0 Å². The second-order valence-electron chi connectivity index (χ2n) is 7.40. The molecule has 24 heavy (non-hydrogen) atoms. The normalized spacial score (nSPS) is 23.4. The number of amides is 2. The summed E-state index contributed by atoms with van der Waals surface area (Å²) in [5.74, 6) is 0.474. The van der Waals surface area contributed by atoms with Crippen molar-refractivity contribution >= 4 is 11.8 Å². The zero-order valence-electron chi connectivity index (χ0n) is 15.6. The average molecular weight is 338 g/mol. The third-order valence-electron chi connectivity index (χ3n) is 5.62. The van der Waals surface area contributed by atoms with E-state index in [1.54, 1.807) is 13.8 Å². The highest BCUT2D eigenvalue weighted by Gasteiger charge is 2.26. The zero-order chi connectivity index (χ0) is 17.4. The summed E-state index contributed by atoms with van der Waals surface area (Å²) in [6, 6.07) is 0.751. The molecule has 0 aliphatic carbocycles. The van der Waals surface area contributed by atoms with E-state index in [-0.39, 0.29) is 11.8 Å². The van der Waals surface area contributed by atoms with Crippen molar-refractivity contribution in [1.82, 2.24) is 14.7 Å². The Hall–Kier alpha value is -1.10. The Bertz CT molecular complexity index is 393. The number of piperidine rings is 3. The third kappa shape index (κ3) is 6.08. The molecule has 3 fully saturated rings. The standard InChI is InChI=1S/C12H22N2O.C7H13NO/c1-11(15)13-9-5-12(6-10-13)14-7-3-2-4-8-14;1-7(9)8-5-3-2-4-6-8/h12H,2-10H2,1H3;2-6H2,1H3. The molecule has 3 aliphatic heterocycles. The summed E-state index contributed by atoms with van der Waals surface area (Å²) in [4.78, 5) is 28.5. The zero-order valence-corrected chi connectivity index (χ0v) is 15.6. The summed E-state index contributed by atoms with van der Waals surface area (Å²) >= 11 is 0. The molecule has 3 rings (SSSR count). The van der Waals surface area contributed by atoms with Gasteiger partial charge in [0.25, 0.3) is 0 Å². The third-order valence-corrected chi connectivity index (χ3v) is 5.62. The number of carbonyl (C=O) groups is 2. The number of rotatable bonds is 1. The van der Waals surface area contributed by atoms with Gasteiger partial charge in [-0.1, -0.05) is 6.42 Å². The van der Waals surface area contributed by atoms with E-state index in [9.17, 15) is 9.59 Å². The lowest BCUT2D eigenvalue weighted by Gasteiger charge is -2.40. The van der Waals surface area contributed by atoms with E-state index < -0.39 is 0 Å². The van der Waals surface area contributed by atoms with Crippen LogP contribution in [0.1, 0.15) is 65.2 Å². The van der Waals surface area contributed by atoms with E-state index in [2.05, 4.69) is 4.90 Å². The number of carbonyl (C=O) groups excluding carboxylic acids is 2. The summed E-state index contributed by atoms with van der Waals surface area (Å²) < 4.78 is 0. The first-order chi connectivity index (χ1) is 11.6. The molecule has 0 saturated carbocycles. The fraction of sp³-hybridized carbons (Fsp3) is 0.895. The molecule has 5 nitrogen and oxygen atoms in total. The lowest BCUT2D eigenvalue weighted by molar-refractivity contribution is -0.131. The molecule has 0 bridgehead atoms. The summed E-state index contributed by atoms with van der Waals surface area (Å²) in [5, 5.41) is 0. The minimum absolute atomic E-state index is 0.231. The van der Waals surface area contributed by atoms with E-state index in [0.29, 0.717) is 0 Å². The van der Waals surface area contributed by atoms with Crippen LogP contribution < -0.4 is 0 Å². The van der Waals surface area contributed by atoms with Crippen LogP contribution >= 0.6 is 0 Å². The van der Waals surface area contributed by atoms with Crippen molar-refractivity contribution in [3.05, 3.63) is 0 Å². The highest BCUT2D eigenvalue weighted by Crippen LogP contribution is 2.20. The smallest absolute Gasteiger partial charge is 0.219 e. The van der Waals surface area contributed by atoms with Gasteiger partial charge in [-0.15, -0.1) is 0 Å². The summed E-state index contributed by atoms with van der Waals surface area (Å²) in [5.41, 5.74) is 0. The Morgan fingerprint density at radius 3 is 1.46 bits per heavy atom. The molecule has 5 heteroatoms. The van der Waals surface area contributed by atoms with Gasteiger partial charge in [0.15, 0.2) is 0 Å². The maximum absolute atomic E-state index is 11.2. The molecule has 0 unspecified atom stereocenters. The Balaban J connectivity index is 0.000000198. The van der Waals surface area contributed by atoms with Crippen molar-refractivity contribution in [2.75, 3.05) is 39.3 Å². The number of hydrogen-bond donors (Lipinski definition) is 0.